The fourth-order valence-corrected chi connectivity index (χ4v) is 3.67. The van der Waals surface area contributed by atoms with Gasteiger partial charge in [-0.3, -0.25) is 0 Å². The number of hydrogen-bond acceptors (Lipinski definition) is 4. The number of ether oxygens (including phenoxy) is 1. The minimum Gasteiger partial charge on any atom is -0.478 e. The van der Waals surface area contributed by atoms with Gasteiger partial charge in [0.05, 0.1) is 18.5 Å². The maximum Gasteiger partial charge on any atom is 0.330 e. The summed E-state index contributed by atoms with van der Waals surface area (Å²) in [6.45, 7) is 2.04. The molecule has 0 amide bonds. The molecule has 0 aliphatic heterocycles. The van der Waals surface area contributed by atoms with E-state index in [-0.39, 0.29) is 0 Å². The third-order valence-electron chi connectivity index (χ3n) is 5.52. The van der Waals surface area contributed by atoms with Crippen molar-refractivity contribution in [2.45, 2.75) is 6.92 Å². The average Bonchev–Trinajstić information content (AvgIpc) is 3.32. The second kappa shape index (κ2) is 10.5. The van der Waals surface area contributed by atoms with Crippen LogP contribution in [-0.4, -0.2) is 34.1 Å². The monoisotopic (exact) mass is 464 g/mol. The number of carbonyl (C=O) groups excluding carboxylic acids is 1. The lowest BCUT2D eigenvalue weighted by Gasteiger charge is -2.05. The lowest BCUT2D eigenvalue weighted by molar-refractivity contribution is -0.135. The maximum absolute atomic E-state index is 11.4. The predicted octanol–water partition coefficient (Wildman–Crippen LogP) is 6.00. The highest BCUT2D eigenvalue weighted by molar-refractivity contribution is 5.88. The third kappa shape index (κ3) is 5.62. The van der Waals surface area contributed by atoms with E-state index < -0.39 is 11.9 Å². The first kappa shape index (κ1) is 23.4. The van der Waals surface area contributed by atoms with Gasteiger partial charge in [-0.15, -0.1) is 0 Å². The number of nitrogens with one attached hydrogen (secondary N) is 1. The number of carbonyl (C=O) groups is 2. The lowest BCUT2D eigenvalue weighted by atomic mass is 10.0. The number of aromatic amines is 1. The van der Waals surface area contributed by atoms with Crippen molar-refractivity contribution in [1.82, 2.24) is 9.97 Å². The third-order valence-corrected chi connectivity index (χ3v) is 5.52. The van der Waals surface area contributed by atoms with E-state index in [0.29, 0.717) is 0 Å². The van der Waals surface area contributed by atoms with E-state index in [1.807, 2.05) is 79.7 Å². The summed E-state index contributed by atoms with van der Waals surface area (Å²) in [7, 11) is 1.34. The molecule has 0 aliphatic rings. The van der Waals surface area contributed by atoms with Crippen LogP contribution in [0.2, 0.25) is 0 Å². The van der Waals surface area contributed by atoms with Gasteiger partial charge < -0.3 is 14.8 Å². The first-order valence-corrected chi connectivity index (χ1v) is 11.0. The van der Waals surface area contributed by atoms with Gasteiger partial charge in [0.25, 0.3) is 0 Å². The standard InChI is InChI=1S/C29H24N2O4/c1-19-5-3-4-6-24(19)29-30-27(22-13-7-20(8-14-22)11-17-25(32)33)28(31-29)23-15-9-21(10-16-23)12-18-26(34)35-2/h3-18H,1-2H3,(H,30,31)(H,32,33)/b17-11+,18-12+. The highest BCUT2D eigenvalue weighted by Crippen LogP contribution is 2.34. The fourth-order valence-electron chi connectivity index (χ4n) is 3.67. The van der Waals surface area contributed by atoms with Crippen LogP contribution in [0.5, 0.6) is 0 Å². The second-order valence-corrected chi connectivity index (χ2v) is 7.90. The number of carboxylic acid groups (broad SMARTS) is 1. The number of nitrogens with zero attached hydrogens (tertiary/aromatic N) is 1. The number of aryl methyl sites for hydroxylation is 1. The number of benzene rings is 3. The fraction of sp³-hybridized carbons (Fsp3) is 0.0690. The molecule has 6 heteroatoms. The summed E-state index contributed by atoms with van der Waals surface area (Å²) < 4.78 is 4.65. The molecule has 4 rings (SSSR count). The molecule has 1 heterocycles. The van der Waals surface area contributed by atoms with Gasteiger partial charge in [0.1, 0.15) is 5.82 Å². The number of aliphatic carboxylic acids is 1. The van der Waals surface area contributed by atoms with Crippen LogP contribution in [0.25, 0.3) is 46.1 Å². The van der Waals surface area contributed by atoms with Crippen molar-refractivity contribution < 1.29 is 19.4 Å². The van der Waals surface area contributed by atoms with Gasteiger partial charge in [-0.05, 0) is 35.8 Å². The van der Waals surface area contributed by atoms with E-state index in [1.54, 1.807) is 12.2 Å². The molecule has 4 aromatic rings. The zero-order valence-corrected chi connectivity index (χ0v) is 19.4. The minimum absolute atomic E-state index is 0.408. The Morgan fingerprint density at radius 2 is 1.46 bits per heavy atom. The molecule has 0 aliphatic carbocycles. The average molecular weight is 465 g/mol. The van der Waals surface area contributed by atoms with Crippen molar-refractivity contribution in [3.05, 3.63) is 102 Å². The first-order valence-electron chi connectivity index (χ1n) is 11.0. The second-order valence-electron chi connectivity index (χ2n) is 7.90. The van der Waals surface area contributed by atoms with Crippen molar-refractivity contribution in [3.63, 3.8) is 0 Å². The molecule has 6 nitrogen and oxygen atoms in total. The van der Waals surface area contributed by atoms with Crippen LogP contribution in [0.3, 0.4) is 0 Å². The van der Waals surface area contributed by atoms with Crippen LogP contribution in [-0.2, 0) is 14.3 Å². The van der Waals surface area contributed by atoms with Gasteiger partial charge >= 0.3 is 11.9 Å². The summed E-state index contributed by atoms with van der Waals surface area (Å²) in [6.07, 6.45) is 5.75. The van der Waals surface area contributed by atoms with Crippen LogP contribution in [0, 0.1) is 6.92 Å². The minimum atomic E-state index is -0.989. The predicted molar refractivity (Wildman–Crippen MR) is 137 cm³/mol. The Bertz CT molecular complexity index is 1410. The van der Waals surface area contributed by atoms with Gasteiger partial charge in [-0.1, -0.05) is 72.8 Å². The van der Waals surface area contributed by atoms with Gasteiger partial charge in [0.2, 0.25) is 0 Å². The SMILES string of the molecule is COC(=O)/C=C/c1ccc(-c2[nH]c(-c3ccccc3C)nc2-c2ccc(/C=C/C(=O)O)cc2)cc1. The summed E-state index contributed by atoms with van der Waals surface area (Å²) in [6, 6.07) is 23.4. The smallest absolute Gasteiger partial charge is 0.330 e. The molecule has 3 aromatic carbocycles. The Hall–Kier alpha value is -4.71. The Morgan fingerprint density at radius 1 is 0.857 bits per heavy atom. The number of esters is 1. The van der Waals surface area contributed by atoms with Gasteiger partial charge in [0, 0.05) is 28.8 Å². The molecule has 1 aromatic heterocycles. The Balaban J connectivity index is 1.76. The van der Waals surface area contributed by atoms with Crippen LogP contribution < -0.4 is 0 Å². The summed E-state index contributed by atoms with van der Waals surface area (Å²) >= 11 is 0. The normalized spacial score (nSPS) is 11.3. The quantitative estimate of drug-likeness (QED) is 0.258. The van der Waals surface area contributed by atoms with E-state index in [2.05, 4.69) is 9.72 Å². The van der Waals surface area contributed by atoms with E-state index >= 15 is 0 Å². The largest absolute Gasteiger partial charge is 0.478 e. The number of H-pyrrole nitrogens is 1. The van der Waals surface area contributed by atoms with E-state index in [1.165, 1.54) is 13.2 Å². The highest BCUT2D eigenvalue weighted by Gasteiger charge is 2.16. The topological polar surface area (TPSA) is 92.3 Å². The summed E-state index contributed by atoms with van der Waals surface area (Å²) in [5, 5.41) is 8.87. The molecule has 0 bridgehead atoms. The zero-order chi connectivity index (χ0) is 24.8. The molecule has 0 saturated heterocycles. The van der Waals surface area contributed by atoms with E-state index in [4.69, 9.17) is 10.1 Å². The van der Waals surface area contributed by atoms with E-state index in [9.17, 15) is 9.59 Å². The van der Waals surface area contributed by atoms with Crippen molar-refractivity contribution in [2.24, 2.45) is 0 Å². The number of methoxy groups -OCH3 is 1. The lowest BCUT2D eigenvalue weighted by Crippen LogP contribution is -1.93. The number of rotatable bonds is 7. The van der Waals surface area contributed by atoms with Crippen LogP contribution in [0.1, 0.15) is 16.7 Å². The van der Waals surface area contributed by atoms with Gasteiger partial charge in [0.15, 0.2) is 0 Å². The molecule has 0 unspecified atom stereocenters. The van der Waals surface area contributed by atoms with Gasteiger partial charge in [-0.25, -0.2) is 14.6 Å². The molecule has 35 heavy (non-hydrogen) atoms. The van der Waals surface area contributed by atoms with E-state index in [0.717, 1.165) is 56.7 Å². The van der Waals surface area contributed by atoms with Crippen molar-refractivity contribution in [2.75, 3.05) is 7.11 Å². The molecule has 0 spiro atoms. The number of imidazole rings is 1. The molecular weight excluding hydrogens is 440 g/mol. The summed E-state index contributed by atoms with van der Waals surface area (Å²) in [5.74, 6) is -0.636. The Labute approximate surface area is 203 Å². The van der Waals surface area contributed by atoms with Crippen molar-refractivity contribution >= 4 is 24.1 Å². The molecule has 0 saturated carbocycles. The van der Waals surface area contributed by atoms with Gasteiger partial charge in [-0.2, -0.15) is 0 Å². The van der Waals surface area contributed by atoms with Crippen LogP contribution >= 0.6 is 0 Å². The molecule has 174 valence electrons. The number of carboxylic acids is 1. The summed E-state index contributed by atoms with van der Waals surface area (Å²) in [5.41, 5.74) is 7.27. The zero-order valence-electron chi connectivity index (χ0n) is 19.4. The maximum atomic E-state index is 11.4. The summed E-state index contributed by atoms with van der Waals surface area (Å²) in [4.78, 5) is 30.6. The molecule has 2 N–H and O–H groups in total. The molecular formula is C29H24N2O4. The molecule has 0 atom stereocenters. The van der Waals surface area contributed by atoms with Crippen LogP contribution in [0.15, 0.2) is 84.9 Å². The number of aromatic nitrogens is 2. The highest BCUT2D eigenvalue weighted by atomic mass is 16.5. The van der Waals surface area contributed by atoms with Crippen molar-refractivity contribution in [3.8, 4) is 33.9 Å². The number of hydrogen-bond donors (Lipinski definition) is 2. The van der Waals surface area contributed by atoms with Crippen LogP contribution in [0.4, 0.5) is 0 Å². The molecule has 0 fully saturated rings. The molecule has 0 radical (unpaired) electrons. The Kier molecular flexibility index (Phi) is 7.02. The first-order chi connectivity index (χ1) is 16.9. The van der Waals surface area contributed by atoms with Crippen molar-refractivity contribution in [1.29, 1.82) is 0 Å². The Morgan fingerprint density at radius 3 is 2.06 bits per heavy atom.